The molecule has 0 aromatic carbocycles. The molecule has 1 atom stereocenters. The molecule has 0 unspecified atom stereocenters. The summed E-state index contributed by atoms with van der Waals surface area (Å²) in [4.78, 5) is 20.7. The van der Waals surface area contributed by atoms with Crippen LogP contribution in [0.15, 0.2) is 22.9 Å². The van der Waals surface area contributed by atoms with E-state index in [9.17, 15) is 4.79 Å². The highest BCUT2D eigenvalue weighted by Gasteiger charge is 2.27. The number of carbonyl (C=O) groups excluding carboxylic acids is 1. The molecule has 0 saturated carbocycles. The molecule has 8 heteroatoms. The molecule has 1 aliphatic rings. The van der Waals surface area contributed by atoms with Gasteiger partial charge in [0.2, 0.25) is 11.8 Å². The number of amides is 1. The van der Waals surface area contributed by atoms with E-state index in [-0.39, 0.29) is 23.8 Å². The molecule has 0 radical (unpaired) electrons. The largest absolute Gasteiger partial charge is 0.477 e. The summed E-state index contributed by atoms with van der Waals surface area (Å²) in [5.74, 6) is 1.45. The van der Waals surface area contributed by atoms with Crippen molar-refractivity contribution in [3.8, 4) is 5.88 Å². The zero-order chi connectivity index (χ0) is 19.3. The van der Waals surface area contributed by atoms with Crippen LogP contribution < -0.4 is 15.4 Å². The first-order chi connectivity index (χ1) is 13.0. The highest BCUT2D eigenvalue weighted by Crippen LogP contribution is 2.26. The molecule has 3 heterocycles. The topological polar surface area (TPSA) is 102 Å². The summed E-state index contributed by atoms with van der Waals surface area (Å²) in [6.45, 7) is 8.98. The van der Waals surface area contributed by atoms with Gasteiger partial charge in [-0.3, -0.25) is 4.79 Å². The van der Waals surface area contributed by atoms with E-state index in [0.29, 0.717) is 29.8 Å². The monoisotopic (exact) mass is 373 g/mol. The van der Waals surface area contributed by atoms with Crippen molar-refractivity contribution in [1.29, 1.82) is 0 Å². The van der Waals surface area contributed by atoms with Crippen LogP contribution in [-0.2, 0) is 6.54 Å². The van der Waals surface area contributed by atoms with Crippen molar-refractivity contribution in [2.75, 3.05) is 19.7 Å². The lowest BCUT2D eigenvalue weighted by molar-refractivity contribution is 0.0948. The van der Waals surface area contributed by atoms with E-state index in [1.807, 2.05) is 13.8 Å². The number of nitrogens with zero attached hydrogens (tertiary/aromatic N) is 3. The summed E-state index contributed by atoms with van der Waals surface area (Å²) in [5, 5.41) is 10.0. The molecule has 1 aliphatic heterocycles. The molecule has 0 aliphatic carbocycles. The third-order valence-corrected chi connectivity index (χ3v) is 4.64. The van der Waals surface area contributed by atoms with Gasteiger partial charge in [0.1, 0.15) is 0 Å². The van der Waals surface area contributed by atoms with Crippen LogP contribution in [0.3, 0.4) is 0 Å². The van der Waals surface area contributed by atoms with Crippen LogP contribution in [0.1, 0.15) is 61.6 Å². The fraction of sp³-hybridized carbons (Fsp3) is 0.579. The van der Waals surface area contributed by atoms with Crippen molar-refractivity contribution in [2.24, 2.45) is 5.41 Å². The molecule has 3 rings (SSSR count). The van der Waals surface area contributed by atoms with Crippen molar-refractivity contribution in [2.45, 2.75) is 46.1 Å². The summed E-state index contributed by atoms with van der Waals surface area (Å²) < 4.78 is 10.9. The molecule has 146 valence electrons. The smallest absolute Gasteiger partial charge is 0.253 e. The highest BCUT2D eigenvalue weighted by molar-refractivity contribution is 5.93. The Morgan fingerprint density at radius 2 is 2.30 bits per heavy atom. The summed E-state index contributed by atoms with van der Waals surface area (Å²) in [6.07, 6.45) is 3.81. The molecule has 27 heavy (non-hydrogen) atoms. The fourth-order valence-corrected chi connectivity index (χ4v) is 2.93. The third-order valence-electron chi connectivity index (χ3n) is 4.64. The molecule has 0 spiro atoms. The molecule has 1 amide bonds. The molecule has 2 aromatic heterocycles. The van der Waals surface area contributed by atoms with E-state index in [0.717, 1.165) is 25.9 Å². The lowest BCUT2D eigenvalue weighted by Gasteiger charge is -2.33. The number of nitrogens with one attached hydrogen (secondary N) is 2. The minimum absolute atomic E-state index is 0.120. The molecular weight excluding hydrogens is 346 g/mol. The lowest BCUT2D eigenvalue weighted by atomic mass is 9.84. The number of aromatic nitrogens is 3. The predicted molar refractivity (Wildman–Crippen MR) is 99.5 cm³/mol. The van der Waals surface area contributed by atoms with E-state index >= 15 is 0 Å². The van der Waals surface area contributed by atoms with Gasteiger partial charge in [-0.25, -0.2) is 4.98 Å². The molecular formula is C19H27N5O3. The van der Waals surface area contributed by atoms with Crippen molar-refractivity contribution >= 4 is 5.91 Å². The van der Waals surface area contributed by atoms with Crippen LogP contribution in [0, 0.1) is 5.41 Å². The Balaban J connectivity index is 1.49. The van der Waals surface area contributed by atoms with Crippen LogP contribution >= 0.6 is 0 Å². The number of rotatable bonds is 7. The van der Waals surface area contributed by atoms with Gasteiger partial charge >= 0.3 is 0 Å². The maximum absolute atomic E-state index is 12.2. The zero-order valence-corrected chi connectivity index (χ0v) is 16.1. The minimum atomic E-state index is -0.242. The average Bonchev–Trinajstić information content (AvgIpc) is 3.15. The number of pyridine rings is 1. The van der Waals surface area contributed by atoms with E-state index in [1.165, 1.54) is 6.20 Å². The maximum atomic E-state index is 12.2. The van der Waals surface area contributed by atoms with Crippen molar-refractivity contribution in [3.63, 3.8) is 0 Å². The average molecular weight is 373 g/mol. The zero-order valence-electron chi connectivity index (χ0n) is 16.1. The Hall–Kier alpha value is -2.48. The Bertz CT molecular complexity index is 751. The fourth-order valence-electron chi connectivity index (χ4n) is 2.93. The van der Waals surface area contributed by atoms with Gasteiger partial charge in [0, 0.05) is 30.1 Å². The van der Waals surface area contributed by atoms with Gasteiger partial charge < -0.3 is 19.9 Å². The number of hydrogen-bond acceptors (Lipinski definition) is 7. The number of carbonyl (C=O) groups is 1. The van der Waals surface area contributed by atoms with E-state index in [2.05, 4.69) is 32.7 Å². The number of hydrogen-bond donors (Lipinski definition) is 2. The first-order valence-corrected chi connectivity index (χ1v) is 9.35. The molecule has 2 N–H and O–H groups in total. The second-order valence-electron chi connectivity index (χ2n) is 7.65. The summed E-state index contributed by atoms with van der Waals surface area (Å²) in [7, 11) is 0. The van der Waals surface area contributed by atoms with Crippen LogP contribution in [-0.4, -0.2) is 40.7 Å². The molecule has 1 saturated heterocycles. The minimum Gasteiger partial charge on any atom is -0.477 e. The van der Waals surface area contributed by atoms with Crippen LogP contribution in [0.4, 0.5) is 0 Å². The van der Waals surface area contributed by atoms with Crippen LogP contribution in [0.5, 0.6) is 5.88 Å². The van der Waals surface area contributed by atoms with Crippen molar-refractivity contribution in [1.82, 2.24) is 25.8 Å². The second-order valence-corrected chi connectivity index (χ2v) is 7.65. The Kier molecular flexibility index (Phi) is 6.05. The van der Waals surface area contributed by atoms with Gasteiger partial charge in [0.15, 0.2) is 5.82 Å². The van der Waals surface area contributed by atoms with Crippen molar-refractivity contribution in [3.05, 3.63) is 35.6 Å². The lowest BCUT2D eigenvalue weighted by Crippen LogP contribution is -2.41. The van der Waals surface area contributed by atoms with Crippen molar-refractivity contribution < 1.29 is 14.1 Å². The molecule has 8 nitrogen and oxygen atoms in total. The summed E-state index contributed by atoms with van der Waals surface area (Å²) in [6, 6.07) is 3.43. The summed E-state index contributed by atoms with van der Waals surface area (Å²) >= 11 is 0. The number of ether oxygens (including phenoxy) is 1. The highest BCUT2D eigenvalue weighted by atomic mass is 16.5. The van der Waals surface area contributed by atoms with E-state index in [1.54, 1.807) is 12.1 Å². The second kappa shape index (κ2) is 8.47. The predicted octanol–water partition coefficient (Wildman–Crippen LogP) is 2.29. The molecule has 1 fully saturated rings. The van der Waals surface area contributed by atoms with Gasteiger partial charge in [-0.15, -0.1) is 0 Å². The first kappa shape index (κ1) is 19.3. The van der Waals surface area contributed by atoms with Gasteiger partial charge in [-0.1, -0.05) is 25.9 Å². The van der Waals surface area contributed by atoms with Crippen LogP contribution in [0.25, 0.3) is 0 Å². The third kappa shape index (κ3) is 5.26. The van der Waals surface area contributed by atoms with Gasteiger partial charge in [0.25, 0.3) is 5.91 Å². The van der Waals surface area contributed by atoms with Gasteiger partial charge in [-0.2, -0.15) is 4.98 Å². The quantitative estimate of drug-likeness (QED) is 0.767. The first-order valence-electron chi connectivity index (χ1n) is 9.35. The van der Waals surface area contributed by atoms with Crippen LogP contribution in [0.2, 0.25) is 0 Å². The molecule has 0 bridgehead atoms. The number of piperidine rings is 1. The van der Waals surface area contributed by atoms with Gasteiger partial charge in [-0.05, 0) is 25.5 Å². The Labute approximate surface area is 159 Å². The summed E-state index contributed by atoms with van der Waals surface area (Å²) in [5.41, 5.74) is 0.579. The normalized spacial score (nSPS) is 19.9. The van der Waals surface area contributed by atoms with E-state index in [4.69, 9.17) is 9.26 Å². The van der Waals surface area contributed by atoms with E-state index < -0.39 is 0 Å². The Morgan fingerprint density at radius 3 is 2.93 bits per heavy atom. The Morgan fingerprint density at radius 1 is 1.44 bits per heavy atom. The van der Waals surface area contributed by atoms with Gasteiger partial charge in [0.05, 0.1) is 18.7 Å². The SMILES string of the molecule is CC(C)c1nc(CNC(=O)c2ccc(OC[C@@]3(C)CCCNC3)nc2)no1. The standard InChI is InChI=1S/C19H27N5O3/c1-13(2)18-23-15(24-27-18)10-22-17(25)14-5-6-16(21-9-14)26-12-19(3)7-4-8-20-11-19/h5-6,9,13,20H,4,7-8,10-12H2,1-3H3,(H,22,25)/t19-/m0/s1. The maximum Gasteiger partial charge on any atom is 0.253 e. The molecule has 2 aromatic rings.